The Bertz CT molecular complexity index is 444. The predicted molar refractivity (Wildman–Crippen MR) is 89.3 cm³/mol. The van der Waals surface area contributed by atoms with Gasteiger partial charge in [-0.2, -0.15) is 0 Å². The van der Waals surface area contributed by atoms with Crippen molar-refractivity contribution in [2.45, 2.75) is 63.6 Å². The van der Waals surface area contributed by atoms with Gasteiger partial charge >= 0.3 is 6.03 Å². The maximum absolute atomic E-state index is 12.2. The monoisotopic (exact) mass is 321 g/mol. The molecular formula is C18H31N3O2. The Hall–Kier alpha value is -0.810. The van der Waals surface area contributed by atoms with Crippen molar-refractivity contribution in [2.24, 2.45) is 17.8 Å². The molecule has 4 rings (SSSR count). The van der Waals surface area contributed by atoms with Crippen LogP contribution >= 0.6 is 0 Å². The maximum Gasteiger partial charge on any atom is 0.315 e. The van der Waals surface area contributed by atoms with Gasteiger partial charge in [-0.1, -0.05) is 6.42 Å². The average Bonchev–Trinajstić information content (AvgIpc) is 3.28. The van der Waals surface area contributed by atoms with Crippen molar-refractivity contribution in [3.8, 4) is 0 Å². The van der Waals surface area contributed by atoms with Crippen molar-refractivity contribution < 1.29 is 9.53 Å². The minimum absolute atomic E-state index is 0.0209. The van der Waals surface area contributed by atoms with Gasteiger partial charge in [0.25, 0.3) is 0 Å². The van der Waals surface area contributed by atoms with Gasteiger partial charge in [-0.15, -0.1) is 0 Å². The summed E-state index contributed by atoms with van der Waals surface area (Å²) in [6, 6.07) is 0.894. The standard InChI is InChI=1S/C18H31N3O2/c1-12(17-8-13-4-5-14(17)7-13)20-18(22)19-9-16-10-21-6-2-3-15(21)11-23-16/h12-17H,2-11H2,1H3,(H2,19,20,22)/t12-,13-,14-,15-,16+,17-/m0/s1. The highest BCUT2D eigenvalue weighted by Crippen LogP contribution is 2.49. The van der Waals surface area contributed by atoms with Gasteiger partial charge in [0, 0.05) is 25.2 Å². The average molecular weight is 321 g/mol. The Labute approximate surface area is 139 Å². The van der Waals surface area contributed by atoms with E-state index < -0.39 is 0 Å². The smallest absolute Gasteiger partial charge is 0.315 e. The number of nitrogens with zero attached hydrogens (tertiary/aromatic N) is 1. The summed E-state index contributed by atoms with van der Waals surface area (Å²) in [5, 5.41) is 6.20. The van der Waals surface area contributed by atoms with Crippen LogP contribution in [0.4, 0.5) is 4.79 Å². The molecule has 0 spiro atoms. The molecular weight excluding hydrogens is 290 g/mol. The fourth-order valence-corrected chi connectivity index (χ4v) is 5.49. The molecule has 2 bridgehead atoms. The van der Waals surface area contributed by atoms with E-state index in [0.29, 0.717) is 24.5 Å². The maximum atomic E-state index is 12.2. The van der Waals surface area contributed by atoms with E-state index in [1.54, 1.807) is 0 Å². The van der Waals surface area contributed by atoms with Gasteiger partial charge in [0.1, 0.15) is 0 Å². The lowest BCUT2D eigenvalue weighted by atomic mass is 9.84. The second kappa shape index (κ2) is 6.60. The molecule has 23 heavy (non-hydrogen) atoms. The molecule has 0 aromatic carbocycles. The molecule has 5 heteroatoms. The molecule has 2 saturated carbocycles. The van der Waals surface area contributed by atoms with E-state index in [1.807, 2.05) is 0 Å². The molecule has 0 radical (unpaired) electrons. The first kappa shape index (κ1) is 15.7. The number of morpholine rings is 1. The number of rotatable bonds is 4. The SMILES string of the molecule is C[C@H](NC(=O)NC[C@@H]1CN2CCC[C@H]2CO1)[C@@H]1C[C@H]2CC[C@H]1C2. The van der Waals surface area contributed by atoms with Crippen LogP contribution in [0.25, 0.3) is 0 Å². The Morgan fingerprint density at radius 3 is 3.00 bits per heavy atom. The molecule has 2 aliphatic heterocycles. The fraction of sp³-hybridized carbons (Fsp3) is 0.944. The number of carbonyl (C=O) groups excluding carboxylic acids is 1. The van der Waals surface area contributed by atoms with Gasteiger partial charge in [-0.25, -0.2) is 4.79 Å². The zero-order chi connectivity index (χ0) is 15.8. The number of fused-ring (bicyclic) bond motifs is 3. The number of amides is 2. The molecule has 0 aromatic rings. The van der Waals surface area contributed by atoms with Crippen LogP contribution in [0.5, 0.6) is 0 Å². The van der Waals surface area contributed by atoms with Crippen molar-refractivity contribution in [1.29, 1.82) is 0 Å². The lowest BCUT2D eigenvalue weighted by Crippen LogP contribution is -2.52. The summed E-state index contributed by atoms with van der Waals surface area (Å²) in [6.45, 7) is 5.79. The van der Waals surface area contributed by atoms with Gasteiger partial charge in [0.15, 0.2) is 0 Å². The molecule has 5 nitrogen and oxygen atoms in total. The van der Waals surface area contributed by atoms with Crippen LogP contribution < -0.4 is 10.6 Å². The van der Waals surface area contributed by atoms with Gasteiger partial charge in [0.05, 0.1) is 12.7 Å². The molecule has 2 saturated heterocycles. The number of ether oxygens (including phenoxy) is 1. The highest BCUT2D eigenvalue weighted by atomic mass is 16.5. The summed E-state index contributed by atoms with van der Waals surface area (Å²) in [5.74, 6) is 2.47. The molecule has 4 fully saturated rings. The zero-order valence-electron chi connectivity index (χ0n) is 14.3. The van der Waals surface area contributed by atoms with Crippen molar-refractivity contribution in [3.05, 3.63) is 0 Å². The second-order valence-electron chi connectivity index (χ2n) is 8.23. The third kappa shape index (κ3) is 3.36. The van der Waals surface area contributed by atoms with E-state index in [-0.39, 0.29) is 12.1 Å². The van der Waals surface area contributed by atoms with Crippen molar-refractivity contribution >= 4 is 6.03 Å². The summed E-state index contributed by atoms with van der Waals surface area (Å²) >= 11 is 0. The molecule has 6 atom stereocenters. The van der Waals surface area contributed by atoms with Crippen molar-refractivity contribution in [1.82, 2.24) is 15.5 Å². The Morgan fingerprint density at radius 2 is 2.22 bits per heavy atom. The van der Waals surface area contributed by atoms with E-state index in [2.05, 4.69) is 22.5 Å². The summed E-state index contributed by atoms with van der Waals surface area (Å²) in [4.78, 5) is 14.7. The van der Waals surface area contributed by atoms with E-state index in [4.69, 9.17) is 4.74 Å². The third-order valence-electron chi connectivity index (χ3n) is 6.75. The van der Waals surface area contributed by atoms with Crippen LogP contribution in [0.15, 0.2) is 0 Å². The second-order valence-corrected chi connectivity index (χ2v) is 8.23. The largest absolute Gasteiger partial charge is 0.373 e. The van der Waals surface area contributed by atoms with Gasteiger partial charge in [0.2, 0.25) is 0 Å². The van der Waals surface area contributed by atoms with Gasteiger partial charge in [-0.3, -0.25) is 4.90 Å². The predicted octanol–water partition coefficient (Wildman–Crippen LogP) is 1.97. The Kier molecular flexibility index (Phi) is 4.50. The quantitative estimate of drug-likeness (QED) is 0.832. The third-order valence-corrected chi connectivity index (χ3v) is 6.75. The van der Waals surface area contributed by atoms with Crippen LogP contribution in [-0.2, 0) is 4.74 Å². The van der Waals surface area contributed by atoms with Crippen molar-refractivity contribution in [3.63, 3.8) is 0 Å². The Morgan fingerprint density at radius 1 is 1.30 bits per heavy atom. The molecule has 2 amide bonds. The molecule has 2 N–H and O–H groups in total. The number of carbonyl (C=O) groups is 1. The number of hydrogen-bond acceptors (Lipinski definition) is 3. The minimum Gasteiger partial charge on any atom is -0.373 e. The summed E-state index contributed by atoms with van der Waals surface area (Å²) in [5.41, 5.74) is 0. The molecule has 0 aromatic heterocycles. The lowest BCUT2D eigenvalue weighted by Gasteiger charge is -2.35. The number of urea groups is 1. The van der Waals surface area contributed by atoms with Crippen LogP contribution in [0.3, 0.4) is 0 Å². The highest BCUT2D eigenvalue weighted by Gasteiger charge is 2.42. The molecule has 4 aliphatic rings. The number of nitrogens with one attached hydrogen (secondary N) is 2. The van der Waals surface area contributed by atoms with Crippen LogP contribution in [0.2, 0.25) is 0 Å². The number of hydrogen-bond donors (Lipinski definition) is 2. The highest BCUT2D eigenvalue weighted by molar-refractivity contribution is 5.74. The van der Waals surface area contributed by atoms with E-state index >= 15 is 0 Å². The van der Waals surface area contributed by atoms with Crippen molar-refractivity contribution in [2.75, 3.05) is 26.2 Å². The van der Waals surface area contributed by atoms with Gasteiger partial charge < -0.3 is 15.4 Å². The van der Waals surface area contributed by atoms with Crippen LogP contribution in [-0.4, -0.2) is 55.4 Å². The van der Waals surface area contributed by atoms with Gasteiger partial charge in [-0.05, 0) is 63.3 Å². The van der Waals surface area contributed by atoms with Crippen LogP contribution in [0.1, 0.15) is 45.4 Å². The normalized spacial score (nSPS) is 40.8. The first-order valence-electron chi connectivity index (χ1n) is 9.59. The first-order valence-corrected chi connectivity index (χ1v) is 9.59. The Balaban J connectivity index is 1.18. The fourth-order valence-electron chi connectivity index (χ4n) is 5.49. The minimum atomic E-state index is -0.0209. The van der Waals surface area contributed by atoms with E-state index in [0.717, 1.165) is 25.0 Å². The summed E-state index contributed by atoms with van der Waals surface area (Å²) in [6.07, 6.45) is 8.19. The van der Waals surface area contributed by atoms with E-state index in [9.17, 15) is 4.79 Å². The molecule has 2 aliphatic carbocycles. The molecule has 2 heterocycles. The lowest BCUT2D eigenvalue weighted by molar-refractivity contribution is -0.0458. The zero-order valence-corrected chi connectivity index (χ0v) is 14.3. The molecule has 130 valence electrons. The topological polar surface area (TPSA) is 53.6 Å². The molecule has 0 unspecified atom stereocenters. The first-order chi connectivity index (χ1) is 11.2. The van der Waals surface area contributed by atoms with E-state index in [1.165, 1.54) is 45.1 Å². The van der Waals surface area contributed by atoms with Crippen LogP contribution in [0, 0.1) is 17.8 Å². The summed E-state index contributed by atoms with van der Waals surface area (Å²) < 4.78 is 5.90. The summed E-state index contributed by atoms with van der Waals surface area (Å²) in [7, 11) is 0.